The zero-order chi connectivity index (χ0) is 19.7. The molecule has 6 nitrogen and oxygen atoms in total. The number of thiophene rings is 1. The summed E-state index contributed by atoms with van der Waals surface area (Å²) in [7, 11) is 1.92. The van der Waals surface area contributed by atoms with Gasteiger partial charge in [0.25, 0.3) is 5.91 Å². The molecule has 1 fully saturated rings. The number of ether oxygens (including phenoxy) is 2. The first-order valence-corrected chi connectivity index (χ1v) is 10.5. The molecule has 28 heavy (non-hydrogen) atoms. The average molecular weight is 400 g/mol. The van der Waals surface area contributed by atoms with Crippen molar-refractivity contribution in [1.82, 2.24) is 14.7 Å². The molecule has 7 heteroatoms. The number of hydrogen-bond acceptors (Lipinski definition) is 5. The molecule has 1 aliphatic rings. The fourth-order valence-electron chi connectivity index (χ4n) is 3.64. The summed E-state index contributed by atoms with van der Waals surface area (Å²) in [5.41, 5.74) is 0.967. The molecule has 1 amide bonds. The van der Waals surface area contributed by atoms with E-state index >= 15 is 0 Å². The minimum absolute atomic E-state index is 0.109. The quantitative estimate of drug-likeness (QED) is 0.650. The fourth-order valence-corrected chi connectivity index (χ4v) is 4.73. The summed E-state index contributed by atoms with van der Waals surface area (Å²) in [5, 5.41) is 5.48. The third-order valence-electron chi connectivity index (χ3n) is 5.06. The molecule has 3 heterocycles. The van der Waals surface area contributed by atoms with Crippen LogP contribution in [0.5, 0.6) is 11.5 Å². The number of carbonyl (C=O) groups excluding carboxylic acids is 1. The first-order chi connectivity index (χ1) is 13.5. The van der Waals surface area contributed by atoms with E-state index in [9.17, 15) is 4.79 Å². The predicted octanol–water partition coefficient (Wildman–Crippen LogP) is 4.03. The van der Waals surface area contributed by atoms with Crippen LogP contribution < -0.4 is 9.47 Å². The van der Waals surface area contributed by atoms with E-state index < -0.39 is 0 Å². The van der Waals surface area contributed by atoms with Gasteiger partial charge in [0, 0.05) is 44.4 Å². The lowest BCUT2D eigenvalue weighted by Crippen LogP contribution is -2.41. The van der Waals surface area contributed by atoms with E-state index in [0.29, 0.717) is 19.7 Å². The van der Waals surface area contributed by atoms with Gasteiger partial charge in [-0.05, 0) is 32.0 Å². The third kappa shape index (κ3) is 3.71. The minimum atomic E-state index is 0.109. The number of fused-ring (bicyclic) bond motifs is 1. The molecule has 0 spiro atoms. The molecule has 2 aromatic heterocycles. The first-order valence-electron chi connectivity index (χ1n) is 9.67. The monoisotopic (exact) mass is 399 g/mol. The number of aromatic nitrogens is 2. The van der Waals surface area contributed by atoms with Gasteiger partial charge in [0.1, 0.15) is 22.4 Å². The van der Waals surface area contributed by atoms with Gasteiger partial charge in [0.2, 0.25) is 0 Å². The molecule has 0 saturated carbocycles. The number of piperidine rings is 1. The summed E-state index contributed by atoms with van der Waals surface area (Å²) in [6, 6.07) is 9.73. The molecule has 1 saturated heterocycles. The number of aryl methyl sites for hydroxylation is 2. The van der Waals surface area contributed by atoms with E-state index in [1.807, 2.05) is 60.8 Å². The maximum absolute atomic E-state index is 12.9. The second-order valence-corrected chi connectivity index (χ2v) is 8.09. The zero-order valence-corrected chi connectivity index (χ0v) is 17.3. The van der Waals surface area contributed by atoms with Crippen molar-refractivity contribution < 1.29 is 14.3 Å². The maximum Gasteiger partial charge on any atom is 0.264 e. The predicted molar refractivity (Wildman–Crippen MR) is 110 cm³/mol. The summed E-state index contributed by atoms with van der Waals surface area (Å²) in [4.78, 5) is 16.7. The molecule has 0 aliphatic carbocycles. The van der Waals surface area contributed by atoms with Crippen LogP contribution in [-0.2, 0) is 7.05 Å². The second kappa shape index (κ2) is 7.83. The molecule has 3 aromatic rings. The summed E-state index contributed by atoms with van der Waals surface area (Å²) < 4.78 is 13.5. The Morgan fingerprint density at radius 2 is 2.00 bits per heavy atom. The highest BCUT2D eigenvalue weighted by atomic mass is 32.1. The van der Waals surface area contributed by atoms with Crippen LogP contribution in [0.2, 0.25) is 0 Å². The van der Waals surface area contributed by atoms with Crippen LogP contribution in [0, 0.1) is 6.92 Å². The number of rotatable bonds is 5. The summed E-state index contributed by atoms with van der Waals surface area (Å²) >= 11 is 1.52. The maximum atomic E-state index is 12.9. The SMILES string of the molecule is CCOc1cccc(OC2CCN(C(=O)c3cc4c(C)nn(C)c4s3)CC2)c1. The Balaban J connectivity index is 1.37. The highest BCUT2D eigenvalue weighted by Gasteiger charge is 2.26. The van der Waals surface area contributed by atoms with E-state index in [1.165, 1.54) is 11.3 Å². The highest BCUT2D eigenvalue weighted by Crippen LogP contribution is 2.30. The number of likely N-dealkylation sites (tertiary alicyclic amines) is 1. The normalized spacial score (nSPS) is 15.2. The van der Waals surface area contributed by atoms with Gasteiger partial charge >= 0.3 is 0 Å². The van der Waals surface area contributed by atoms with Crippen LogP contribution in [0.15, 0.2) is 30.3 Å². The molecule has 4 rings (SSSR count). The molecular weight excluding hydrogens is 374 g/mol. The van der Waals surface area contributed by atoms with Gasteiger partial charge in [-0.1, -0.05) is 6.07 Å². The van der Waals surface area contributed by atoms with E-state index in [0.717, 1.165) is 45.1 Å². The van der Waals surface area contributed by atoms with Crippen molar-refractivity contribution in [3.63, 3.8) is 0 Å². The lowest BCUT2D eigenvalue weighted by atomic mass is 10.1. The molecule has 0 radical (unpaired) electrons. The van der Waals surface area contributed by atoms with Crippen molar-refractivity contribution >= 4 is 27.5 Å². The van der Waals surface area contributed by atoms with E-state index in [-0.39, 0.29) is 12.0 Å². The average Bonchev–Trinajstić information content (AvgIpc) is 3.24. The smallest absolute Gasteiger partial charge is 0.264 e. The topological polar surface area (TPSA) is 56.6 Å². The van der Waals surface area contributed by atoms with Crippen LogP contribution in [0.3, 0.4) is 0 Å². The van der Waals surface area contributed by atoms with Crippen molar-refractivity contribution in [2.45, 2.75) is 32.8 Å². The Morgan fingerprint density at radius 1 is 1.25 bits per heavy atom. The molecule has 148 valence electrons. The van der Waals surface area contributed by atoms with Gasteiger partial charge in [0.05, 0.1) is 17.2 Å². The van der Waals surface area contributed by atoms with Crippen LogP contribution in [0.4, 0.5) is 0 Å². The summed E-state index contributed by atoms with van der Waals surface area (Å²) in [6.07, 6.45) is 1.78. The van der Waals surface area contributed by atoms with Gasteiger partial charge in [0.15, 0.2) is 0 Å². The molecule has 0 N–H and O–H groups in total. The van der Waals surface area contributed by atoms with E-state index in [1.54, 1.807) is 0 Å². The Hall–Kier alpha value is -2.54. The van der Waals surface area contributed by atoms with Crippen molar-refractivity contribution in [2.75, 3.05) is 19.7 Å². The lowest BCUT2D eigenvalue weighted by Gasteiger charge is -2.32. The lowest BCUT2D eigenvalue weighted by molar-refractivity contribution is 0.0600. The van der Waals surface area contributed by atoms with E-state index in [4.69, 9.17) is 9.47 Å². The van der Waals surface area contributed by atoms with Crippen molar-refractivity contribution in [1.29, 1.82) is 0 Å². The number of carbonyl (C=O) groups is 1. The highest BCUT2D eigenvalue weighted by molar-refractivity contribution is 7.20. The first kappa shape index (κ1) is 18.8. The number of nitrogens with zero attached hydrogens (tertiary/aromatic N) is 3. The van der Waals surface area contributed by atoms with Gasteiger partial charge < -0.3 is 14.4 Å². The van der Waals surface area contributed by atoms with E-state index in [2.05, 4.69) is 5.10 Å². The van der Waals surface area contributed by atoms with Crippen LogP contribution in [-0.4, -0.2) is 46.4 Å². The number of benzene rings is 1. The largest absolute Gasteiger partial charge is 0.494 e. The van der Waals surface area contributed by atoms with Crippen molar-refractivity contribution in [2.24, 2.45) is 7.05 Å². The molecule has 0 atom stereocenters. The van der Waals surface area contributed by atoms with Crippen LogP contribution in [0.25, 0.3) is 10.2 Å². The Bertz CT molecular complexity index is 952. The Morgan fingerprint density at radius 3 is 2.71 bits per heavy atom. The van der Waals surface area contributed by atoms with Gasteiger partial charge in [-0.2, -0.15) is 5.10 Å². The summed E-state index contributed by atoms with van der Waals surface area (Å²) in [6.45, 7) is 6.00. The summed E-state index contributed by atoms with van der Waals surface area (Å²) in [5.74, 6) is 1.75. The Labute approximate surface area is 168 Å². The third-order valence-corrected chi connectivity index (χ3v) is 6.25. The molecular formula is C21H25N3O3S. The standard InChI is InChI=1S/C21H25N3O3S/c1-4-26-16-6-5-7-17(12-16)27-15-8-10-24(11-9-15)20(25)19-13-18-14(2)22-23(3)21(18)28-19/h5-7,12-13,15H,4,8-11H2,1-3H3. The zero-order valence-electron chi connectivity index (χ0n) is 16.5. The molecule has 1 aliphatic heterocycles. The van der Waals surface area contributed by atoms with Crippen LogP contribution in [0.1, 0.15) is 35.1 Å². The number of amides is 1. The fraction of sp³-hybridized carbons (Fsp3) is 0.429. The minimum Gasteiger partial charge on any atom is -0.494 e. The Kier molecular flexibility index (Phi) is 5.26. The van der Waals surface area contributed by atoms with Gasteiger partial charge in [-0.15, -0.1) is 11.3 Å². The van der Waals surface area contributed by atoms with Crippen molar-refractivity contribution in [3.8, 4) is 11.5 Å². The van der Waals surface area contributed by atoms with Crippen LogP contribution >= 0.6 is 11.3 Å². The second-order valence-electron chi connectivity index (χ2n) is 7.06. The number of hydrogen-bond donors (Lipinski definition) is 0. The van der Waals surface area contributed by atoms with Gasteiger partial charge in [-0.3, -0.25) is 9.48 Å². The van der Waals surface area contributed by atoms with Gasteiger partial charge in [-0.25, -0.2) is 0 Å². The molecule has 0 bridgehead atoms. The molecule has 1 aromatic carbocycles. The molecule has 0 unspecified atom stereocenters. The van der Waals surface area contributed by atoms with Crippen molar-refractivity contribution in [3.05, 3.63) is 40.9 Å².